The summed E-state index contributed by atoms with van der Waals surface area (Å²) in [6, 6.07) is 0.231. The number of aromatic nitrogens is 4. The minimum Gasteiger partial charge on any atom is -0.347 e. The van der Waals surface area contributed by atoms with Crippen molar-refractivity contribution in [2.24, 2.45) is 0 Å². The van der Waals surface area contributed by atoms with Crippen molar-refractivity contribution in [1.29, 1.82) is 0 Å². The summed E-state index contributed by atoms with van der Waals surface area (Å²) in [5.41, 5.74) is 0. The van der Waals surface area contributed by atoms with Crippen LogP contribution in [0.1, 0.15) is 31.1 Å². The van der Waals surface area contributed by atoms with Crippen molar-refractivity contribution >= 4 is 17.5 Å². The van der Waals surface area contributed by atoms with E-state index in [4.69, 9.17) is 11.6 Å². The fraction of sp³-hybridized carbons (Fsp3) is 0.417. The fourth-order valence-corrected chi connectivity index (χ4v) is 2.47. The van der Waals surface area contributed by atoms with Gasteiger partial charge in [0.1, 0.15) is 5.82 Å². The molecule has 1 aliphatic heterocycles. The highest BCUT2D eigenvalue weighted by Gasteiger charge is 2.27. The lowest BCUT2D eigenvalue weighted by atomic mass is 10.0. The van der Waals surface area contributed by atoms with Crippen LogP contribution in [0.2, 0.25) is 5.02 Å². The molecule has 0 aromatic carbocycles. The standard InChI is InChI=1S/C12H14ClN5/c13-9-7-16-12(17-8-9)18-6-2-1-3-10(18)11-14-4-5-15-11/h4-5,7-8,10H,1-3,6H2,(H,14,15)/t10-/m0/s1. The molecule has 2 aromatic heterocycles. The molecule has 3 rings (SSSR count). The van der Waals surface area contributed by atoms with Crippen molar-refractivity contribution in [2.75, 3.05) is 11.4 Å². The van der Waals surface area contributed by atoms with Gasteiger partial charge in [0, 0.05) is 18.9 Å². The minimum atomic E-state index is 0.231. The van der Waals surface area contributed by atoms with Crippen molar-refractivity contribution in [1.82, 2.24) is 19.9 Å². The predicted octanol–water partition coefficient (Wildman–Crippen LogP) is 2.58. The fourth-order valence-electron chi connectivity index (χ4n) is 2.37. The Balaban J connectivity index is 1.90. The highest BCUT2D eigenvalue weighted by molar-refractivity contribution is 6.30. The molecule has 18 heavy (non-hydrogen) atoms. The summed E-state index contributed by atoms with van der Waals surface area (Å²) >= 11 is 5.82. The number of imidazole rings is 1. The zero-order chi connectivity index (χ0) is 12.4. The number of anilines is 1. The number of hydrogen-bond acceptors (Lipinski definition) is 4. The van der Waals surface area contributed by atoms with Crippen molar-refractivity contribution in [3.8, 4) is 0 Å². The van der Waals surface area contributed by atoms with Crippen molar-refractivity contribution < 1.29 is 0 Å². The summed E-state index contributed by atoms with van der Waals surface area (Å²) in [5.74, 6) is 1.70. The van der Waals surface area contributed by atoms with Gasteiger partial charge < -0.3 is 9.88 Å². The molecule has 0 aliphatic carbocycles. The molecule has 1 fully saturated rings. The first-order chi connectivity index (χ1) is 8.84. The molecule has 0 spiro atoms. The highest BCUT2D eigenvalue weighted by atomic mass is 35.5. The van der Waals surface area contributed by atoms with Crippen LogP contribution < -0.4 is 4.90 Å². The van der Waals surface area contributed by atoms with Crippen LogP contribution in [0.3, 0.4) is 0 Å². The quantitative estimate of drug-likeness (QED) is 0.905. The third kappa shape index (κ3) is 2.18. The van der Waals surface area contributed by atoms with E-state index in [0.717, 1.165) is 31.2 Å². The van der Waals surface area contributed by atoms with Crippen molar-refractivity contribution in [3.05, 3.63) is 35.6 Å². The molecule has 6 heteroatoms. The van der Waals surface area contributed by atoms with E-state index in [1.54, 1.807) is 18.6 Å². The zero-order valence-electron chi connectivity index (χ0n) is 9.88. The average molecular weight is 264 g/mol. The van der Waals surface area contributed by atoms with Gasteiger partial charge in [-0.25, -0.2) is 15.0 Å². The lowest BCUT2D eigenvalue weighted by Crippen LogP contribution is -2.35. The first-order valence-corrected chi connectivity index (χ1v) is 6.46. The predicted molar refractivity (Wildman–Crippen MR) is 69.6 cm³/mol. The molecule has 94 valence electrons. The molecule has 0 amide bonds. The van der Waals surface area contributed by atoms with E-state index in [1.165, 1.54) is 6.42 Å². The van der Waals surface area contributed by atoms with Crippen LogP contribution in [-0.2, 0) is 0 Å². The van der Waals surface area contributed by atoms with E-state index in [9.17, 15) is 0 Å². The summed E-state index contributed by atoms with van der Waals surface area (Å²) in [6.07, 6.45) is 10.3. The van der Waals surface area contributed by atoms with Crippen molar-refractivity contribution in [3.63, 3.8) is 0 Å². The summed E-state index contributed by atoms with van der Waals surface area (Å²) in [5, 5.41) is 0.560. The van der Waals surface area contributed by atoms with Crippen LogP contribution in [0.5, 0.6) is 0 Å². The normalized spacial score (nSPS) is 20.1. The lowest BCUT2D eigenvalue weighted by molar-refractivity contribution is 0.451. The molecule has 2 aromatic rings. The van der Waals surface area contributed by atoms with Crippen LogP contribution in [0, 0.1) is 0 Å². The molecule has 1 atom stereocenters. The second-order valence-corrected chi connectivity index (χ2v) is 4.82. The Morgan fingerprint density at radius 1 is 1.22 bits per heavy atom. The Bertz CT molecular complexity index is 496. The Labute approximate surface area is 110 Å². The maximum Gasteiger partial charge on any atom is 0.225 e. The Kier molecular flexibility index (Phi) is 3.15. The summed E-state index contributed by atoms with van der Waals surface area (Å²) in [7, 11) is 0. The van der Waals surface area contributed by atoms with E-state index in [2.05, 4.69) is 24.8 Å². The van der Waals surface area contributed by atoms with Gasteiger partial charge in [0.15, 0.2) is 0 Å². The first kappa shape index (κ1) is 11.5. The molecule has 1 saturated heterocycles. The Morgan fingerprint density at radius 2 is 2.06 bits per heavy atom. The van der Waals surface area contributed by atoms with Gasteiger partial charge >= 0.3 is 0 Å². The smallest absolute Gasteiger partial charge is 0.225 e. The number of nitrogens with zero attached hydrogens (tertiary/aromatic N) is 4. The van der Waals surface area contributed by atoms with E-state index >= 15 is 0 Å². The topological polar surface area (TPSA) is 57.7 Å². The molecule has 3 heterocycles. The Morgan fingerprint density at radius 3 is 2.78 bits per heavy atom. The van der Waals surface area contributed by atoms with Crippen LogP contribution in [0.25, 0.3) is 0 Å². The molecule has 0 radical (unpaired) electrons. The monoisotopic (exact) mass is 263 g/mol. The van der Waals surface area contributed by atoms with Gasteiger partial charge in [-0.1, -0.05) is 11.6 Å². The first-order valence-electron chi connectivity index (χ1n) is 6.08. The van der Waals surface area contributed by atoms with Crippen LogP contribution in [0.4, 0.5) is 5.95 Å². The molecule has 0 saturated carbocycles. The molecule has 5 nitrogen and oxygen atoms in total. The van der Waals surface area contributed by atoms with Gasteiger partial charge in [0.2, 0.25) is 5.95 Å². The maximum absolute atomic E-state index is 5.82. The van der Waals surface area contributed by atoms with Gasteiger partial charge in [0.05, 0.1) is 23.5 Å². The number of aromatic amines is 1. The van der Waals surface area contributed by atoms with Gasteiger partial charge in [-0.05, 0) is 19.3 Å². The van der Waals surface area contributed by atoms with Gasteiger partial charge in [-0.3, -0.25) is 0 Å². The van der Waals surface area contributed by atoms with Gasteiger partial charge in [0.25, 0.3) is 0 Å². The average Bonchev–Trinajstić information content (AvgIpc) is 2.93. The lowest BCUT2D eigenvalue weighted by Gasteiger charge is -2.34. The third-order valence-corrected chi connectivity index (χ3v) is 3.40. The molecule has 0 unspecified atom stereocenters. The van der Waals surface area contributed by atoms with Crippen LogP contribution >= 0.6 is 11.6 Å². The maximum atomic E-state index is 5.82. The number of hydrogen-bond donors (Lipinski definition) is 1. The van der Waals surface area contributed by atoms with Crippen LogP contribution in [-0.4, -0.2) is 26.5 Å². The van der Waals surface area contributed by atoms with E-state index < -0.39 is 0 Å². The molecule has 1 N–H and O–H groups in total. The second-order valence-electron chi connectivity index (χ2n) is 4.38. The number of rotatable bonds is 2. The van der Waals surface area contributed by atoms with E-state index in [0.29, 0.717) is 5.02 Å². The third-order valence-electron chi connectivity index (χ3n) is 3.20. The summed E-state index contributed by atoms with van der Waals surface area (Å²) in [4.78, 5) is 18.3. The number of halogens is 1. The zero-order valence-corrected chi connectivity index (χ0v) is 10.6. The Hall–Kier alpha value is -1.62. The van der Waals surface area contributed by atoms with E-state index in [-0.39, 0.29) is 6.04 Å². The van der Waals surface area contributed by atoms with E-state index in [1.807, 2.05) is 6.20 Å². The number of H-pyrrole nitrogens is 1. The van der Waals surface area contributed by atoms with Crippen LogP contribution in [0.15, 0.2) is 24.8 Å². The molecule has 1 aliphatic rings. The second kappa shape index (κ2) is 4.94. The summed E-state index contributed by atoms with van der Waals surface area (Å²) < 4.78 is 0. The summed E-state index contributed by atoms with van der Waals surface area (Å²) in [6.45, 7) is 0.951. The molecular weight excluding hydrogens is 250 g/mol. The highest BCUT2D eigenvalue weighted by Crippen LogP contribution is 2.31. The largest absolute Gasteiger partial charge is 0.347 e. The number of nitrogens with one attached hydrogen (secondary N) is 1. The molecular formula is C12H14ClN5. The SMILES string of the molecule is Clc1cnc(N2CCCC[C@H]2c2ncc[nH]2)nc1. The van der Waals surface area contributed by atoms with Gasteiger partial charge in [-0.2, -0.15) is 0 Å². The minimum absolute atomic E-state index is 0.231. The molecule has 0 bridgehead atoms. The van der Waals surface area contributed by atoms with Crippen molar-refractivity contribution in [2.45, 2.75) is 25.3 Å². The van der Waals surface area contributed by atoms with Gasteiger partial charge in [-0.15, -0.1) is 0 Å². The number of piperidine rings is 1.